The zero-order valence-electron chi connectivity index (χ0n) is 11.3. The molecule has 0 N–H and O–H groups in total. The molecule has 1 aliphatic heterocycles. The molecule has 0 saturated carbocycles. The first-order valence-corrected chi connectivity index (χ1v) is 6.69. The molecule has 2 atom stereocenters. The van der Waals surface area contributed by atoms with Crippen LogP contribution in [0, 0.1) is 17.6 Å². The van der Waals surface area contributed by atoms with Gasteiger partial charge in [0, 0.05) is 6.04 Å². The highest BCUT2D eigenvalue weighted by atomic mass is 19.1. The third-order valence-electron chi connectivity index (χ3n) is 3.85. The van der Waals surface area contributed by atoms with Crippen molar-refractivity contribution in [1.29, 1.82) is 0 Å². The standard InChI is InChI=1S/C15H19F2NO/c1-10-5-6-18(11(2)7-10)9-15(19)13-8-12(16)3-4-14(13)17/h3-4,8,10-11H,5-7,9H2,1-2H3. The summed E-state index contributed by atoms with van der Waals surface area (Å²) >= 11 is 0. The Morgan fingerprint density at radius 2 is 2.11 bits per heavy atom. The van der Waals surface area contributed by atoms with Crippen molar-refractivity contribution in [3.63, 3.8) is 0 Å². The Bertz CT molecular complexity index is 475. The van der Waals surface area contributed by atoms with Gasteiger partial charge < -0.3 is 0 Å². The molecule has 0 spiro atoms. The number of piperidine rings is 1. The Kier molecular flexibility index (Phi) is 4.30. The van der Waals surface area contributed by atoms with Gasteiger partial charge >= 0.3 is 0 Å². The molecule has 1 heterocycles. The van der Waals surface area contributed by atoms with Crippen LogP contribution in [0.2, 0.25) is 0 Å². The van der Waals surface area contributed by atoms with Gasteiger partial charge in [0.2, 0.25) is 0 Å². The third-order valence-corrected chi connectivity index (χ3v) is 3.85. The summed E-state index contributed by atoms with van der Waals surface area (Å²) in [6.45, 7) is 5.27. The quantitative estimate of drug-likeness (QED) is 0.783. The number of halogens is 2. The number of Topliss-reactive ketones (excluding diaryl/α,β-unsaturated/α-hetero) is 1. The predicted octanol–water partition coefficient (Wildman–Crippen LogP) is 3.27. The van der Waals surface area contributed by atoms with Crippen molar-refractivity contribution in [2.45, 2.75) is 32.7 Å². The van der Waals surface area contributed by atoms with E-state index < -0.39 is 11.6 Å². The summed E-state index contributed by atoms with van der Waals surface area (Å²) in [5.41, 5.74) is -0.147. The molecule has 19 heavy (non-hydrogen) atoms. The highest BCUT2D eigenvalue weighted by Gasteiger charge is 2.25. The van der Waals surface area contributed by atoms with Crippen LogP contribution in [-0.4, -0.2) is 29.8 Å². The zero-order chi connectivity index (χ0) is 14.0. The van der Waals surface area contributed by atoms with Crippen molar-refractivity contribution in [2.24, 2.45) is 5.92 Å². The molecule has 2 unspecified atom stereocenters. The molecule has 4 heteroatoms. The maximum absolute atomic E-state index is 13.5. The molecule has 0 bridgehead atoms. The summed E-state index contributed by atoms with van der Waals surface area (Å²) in [4.78, 5) is 14.1. The normalized spacial score (nSPS) is 24.4. The molecule has 1 aromatic rings. The Morgan fingerprint density at radius 3 is 2.79 bits per heavy atom. The summed E-state index contributed by atoms with van der Waals surface area (Å²) in [6, 6.07) is 3.32. The summed E-state index contributed by atoms with van der Waals surface area (Å²) < 4.78 is 26.6. The lowest BCUT2D eigenvalue weighted by Crippen LogP contribution is -2.43. The molecule has 104 valence electrons. The third kappa shape index (κ3) is 3.38. The number of carbonyl (C=O) groups excluding carboxylic acids is 1. The number of carbonyl (C=O) groups is 1. The second kappa shape index (κ2) is 5.78. The largest absolute Gasteiger partial charge is 0.293 e. The van der Waals surface area contributed by atoms with E-state index in [0.717, 1.165) is 37.6 Å². The van der Waals surface area contributed by atoms with E-state index in [2.05, 4.69) is 13.8 Å². The minimum atomic E-state index is -0.649. The Labute approximate surface area is 112 Å². The fourth-order valence-corrected chi connectivity index (χ4v) is 2.67. The van der Waals surface area contributed by atoms with Gasteiger partial charge in [0.15, 0.2) is 5.78 Å². The number of rotatable bonds is 3. The van der Waals surface area contributed by atoms with Crippen LogP contribution in [0.5, 0.6) is 0 Å². The molecule has 0 radical (unpaired) electrons. The van der Waals surface area contributed by atoms with Crippen molar-refractivity contribution in [3.05, 3.63) is 35.4 Å². The van der Waals surface area contributed by atoms with Gasteiger partial charge in [-0.3, -0.25) is 9.69 Å². The van der Waals surface area contributed by atoms with Crippen LogP contribution in [0.4, 0.5) is 8.78 Å². The minimum Gasteiger partial charge on any atom is -0.293 e. The van der Waals surface area contributed by atoms with Crippen molar-refractivity contribution in [2.75, 3.05) is 13.1 Å². The summed E-state index contributed by atoms with van der Waals surface area (Å²) in [5, 5.41) is 0. The summed E-state index contributed by atoms with van der Waals surface area (Å²) in [5.74, 6) is -0.917. The first-order valence-electron chi connectivity index (χ1n) is 6.69. The van der Waals surface area contributed by atoms with Crippen LogP contribution in [0.25, 0.3) is 0 Å². The van der Waals surface area contributed by atoms with Crippen LogP contribution in [0.15, 0.2) is 18.2 Å². The van der Waals surface area contributed by atoms with Gasteiger partial charge in [0.25, 0.3) is 0 Å². The van der Waals surface area contributed by atoms with Crippen LogP contribution in [0.1, 0.15) is 37.0 Å². The fourth-order valence-electron chi connectivity index (χ4n) is 2.67. The van der Waals surface area contributed by atoms with Crippen LogP contribution in [0.3, 0.4) is 0 Å². The number of nitrogens with zero attached hydrogens (tertiary/aromatic N) is 1. The van der Waals surface area contributed by atoms with E-state index in [1.165, 1.54) is 0 Å². The van der Waals surface area contributed by atoms with Gasteiger partial charge in [-0.15, -0.1) is 0 Å². The van der Waals surface area contributed by atoms with Crippen LogP contribution >= 0.6 is 0 Å². The average Bonchev–Trinajstić information content (AvgIpc) is 2.35. The molecule has 1 saturated heterocycles. The average molecular weight is 267 g/mol. The van der Waals surface area contributed by atoms with E-state index in [9.17, 15) is 13.6 Å². The second-order valence-electron chi connectivity index (χ2n) is 5.50. The molecule has 1 aliphatic rings. The molecule has 2 rings (SSSR count). The first kappa shape index (κ1) is 14.1. The fraction of sp³-hybridized carbons (Fsp3) is 0.533. The van der Waals surface area contributed by atoms with Crippen LogP contribution in [-0.2, 0) is 0 Å². The number of hydrogen-bond acceptors (Lipinski definition) is 2. The molecule has 0 aromatic heterocycles. The highest BCUT2D eigenvalue weighted by molar-refractivity contribution is 5.97. The van der Waals surface area contributed by atoms with E-state index in [1.54, 1.807) is 0 Å². The monoisotopic (exact) mass is 267 g/mol. The molecule has 1 fully saturated rings. The molecule has 0 aliphatic carbocycles. The van der Waals surface area contributed by atoms with Gasteiger partial charge in [-0.05, 0) is 50.4 Å². The van der Waals surface area contributed by atoms with Crippen molar-refractivity contribution < 1.29 is 13.6 Å². The number of benzene rings is 1. The topological polar surface area (TPSA) is 20.3 Å². The SMILES string of the molecule is CC1CCN(CC(=O)c2cc(F)ccc2F)C(C)C1. The van der Waals surface area contributed by atoms with Gasteiger partial charge in [0.05, 0.1) is 12.1 Å². The Hall–Kier alpha value is -1.29. The molecule has 1 aromatic carbocycles. The first-order chi connectivity index (χ1) is 8.97. The van der Waals surface area contributed by atoms with E-state index in [1.807, 2.05) is 4.90 Å². The van der Waals surface area contributed by atoms with Gasteiger partial charge in [-0.25, -0.2) is 8.78 Å². The highest BCUT2D eigenvalue weighted by Crippen LogP contribution is 2.22. The number of hydrogen-bond donors (Lipinski definition) is 0. The van der Waals surface area contributed by atoms with Gasteiger partial charge in [-0.1, -0.05) is 6.92 Å². The maximum Gasteiger partial charge on any atom is 0.179 e. The molecular weight excluding hydrogens is 248 g/mol. The smallest absolute Gasteiger partial charge is 0.179 e. The van der Waals surface area contributed by atoms with E-state index >= 15 is 0 Å². The van der Waals surface area contributed by atoms with Crippen molar-refractivity contribution in [3.8, 4) is 0 Å². The van der Waals surface area contributed by atoms with E-state index in [-0.39, 0.29) is 17.9 Å². The molecular formula is C15H19F2NO. The second-order valence-corrected chi connectivity index (χ2v) is 5.50. The zero-order valence-corrected chi connectivity index (χ0v) is 11.3. The maximum atomic E-state index is 13.5. The minimum absolute atomic E-state index is 0.147. The number of likely N-dealkylation sites (tertiary alicyclic amines) is 1. The van der Waals surface area contributed by atoms with Crippen molar-refractivity contribution in [1.82, 2.24) is 4.90 Å². The summed E-state index contributed by atoms with van der Waals surface area (Å²) in [7, 11) is 0. The van der Waals surface area contributed by atoms with Crippen LogP contribution < -0.4 is 0 Å². The van der Waals surface area contributed by atoms with E-state index in [0.29, 0.717) is 12.0 Å². The molecule has 0 amide bonds. The van der Waals surface area contributed by atoms with E-state index in [4.69, 9.17) is 0 Å². The lowest BCUT2D eigenvalue weighted by molar-refractivity contribution is 0.0812. The summed E-state index contributed by atoms with van der Waals surface area (Å²) in [6.07, 6.45) is 2.09. The lowest BCUT2D eigenvalue weighted by atomic mass is 9.93. The van der Waals surface area contributed by atoms with Gasteiger partial charge in [-0.2, -0.15) is 0 Å². The van der Waals surface area contributed by atoms with Crippen molar-refractivity contribution >= 4 is 5.78 Å². The Morgan fingerprint density at radius 1 is 1.37 bits per heavy atom. The predicted molar refractivity (Wildman–Crippen MR) is 70.1 cm³/mol. The number of ketones is 1. The Balaban J connectivity index is 2.06. The molecule has 2 nitrogen and oxygen atoms in total. The van der Waals surface area contributed by atoms with Gasteiger partial charge in [0.1, 0.15) is 11.6 Å². The lowest BCUT2D eigenvalue weighted by Gasteiger charge is -2.35.